The Kier molecular flexibility index (Phi) is 5.11. The summed E-state index contributed by atoms with van der Waals surface area (Å²) >= 11 is 0. The Bertz CT molecular complexity index is 1070. The first-order chi connectivity index (χ1) is 15.0. The normalized spacial score (nSPS) is 21.1. The summed E-state index contributed by atoms with van der Waals surface area (Å²) in [5.41, 5.74) is 1.88. The van der Waals surface area contributed by atoms with E-state index in [1.54, 1.807) is 22.0 Å². The first kappa shape index (κ1) is 20.0. The molecule has 1 atom stereocenters. The molecule has 2 aromatic rings. The van der Waals surface area contributed by atoms with Crippen molar-refractivity contribution in [2.45, 2.75) is 58.0 Å². The van der Waals surface area contributed by atoms with Crippen LogP contribution in [0.4, 0.5) is 0 Å². The molecule has 4 heterocycles. The van der Waals surface area contributed by atoms with E-state index in [9.17, 15) is 14.4 Å². The number of likely N-dealkylation sites (tertiary alicyclic amines) is 1. The predicted octanol–water partition coefficient (Wildman–Crippen LogP) is 1.30. The molecule has 2 aromatic heterocycles. The summed E-state index contributed by atoms with van der Waals surface area (Å²) in [5.74, 6) is 0.919. The third-order valence-corrected chi connectivity index (χ3v) is 6.92. The second kappa shape index (κ2) is 7.94. The molecule has 1 N–H and O–H groups in total. The molecule has 9 heteroatoms. The fourth-order valence-electron chi connectivity index (χ4n) is 4.75. The molecule has 1 aliphatic carbocycles. The summed E-state index contributed by atoms with van der Waals surface area (Å²) < 4.78 is 1.74. The molecule has 2 fully saturated rings. The van der Waals surface area contributed by atoms with Crippen LogP contribution in [0, 0.1) is 5.92 Å². The molecule has 0 spiro atoms. The van der Waals surface area contributed by atoms with Crippen molar-refractivity contribution in [3.05, 3.63) is 45.4 Å². The third-order valence-electron chi connectivity index (χ3n) is 6.92. The van der Waals surface area contributed by atoms with Crippen molar-refractivity contribution in [2.75, 3.05) is 19.6 Å². The van der Waals surface area contributed by atoms with Crippen molar-refractivity contribution >= 4 is 11.8 Å². The van der Waals surface area contributed by atoms with E-state index < -0.39 is 0 Å². The molecule has 0 aromatic carbocycles. The summed E-state index contributed by atoms with van der Waals surface area (Å²) in [6, 6.07) is 0. The summed E-state index contributed by atoms with van der Waals surface area (Å²) in [5, 5.41) is 4.19. The Labute approximate surface area is 180 Å². The van der Waals surface area contributed by atoms with E-state index in [0.717, 1.165) is 32.2 Å². The van der Waals surface area contributed by atoms with Gasteiger partial charge in [0.25, 0.3) is 11.5 Å². The minimum atomic E-state index is -0.107. The molecule has 1 saturated carbocycles. The lowest BCUT2D eigenvalue weighted by Gasteiger charge is -2.34. The maximum absolute atomic E-state index is 12.8. The molecule has 0 radical (unpaired) electrons. The average molecular weight is 425 g/mol. The lowest BCUT2D eigenvalue weighted by atomic mass is 9.84. The average Bonchev–Trinajstić information content (AvgIpc) is 3.41. The largest absolute Gasteiger partial charge is 0.338 e. The van der Waals surface area contributed by atoms with Gasteiger partial charge < -0.3 is 14.8 Å². The number of hydrogen-bond donors (Lipinski definition) is 1. The Morgan fingerprint density at radius 1 is 1.19 bits per heavy atom. The standard InChI is InChI=1S/C22H28N6O3/c1-2-28-12-16(10-23-28)22(31)26-8-6-15(11-26)19-24-18-13-27(21(30)14-4-3-5-14)9-7-17(18)20(29)25-19/h10,12,14-15H,2-9,11,13H2,1H3,(H,24,25,29). The topological polar surface area (TPSA) is 104 Å². The maximum atomic E-state index is 12.8. The van der Waals surface area contributed by atoms with Gasteiger partial charge in [-0.15, -0.1) is 0 Å². The molecule has 31 heavy (non-hydrogen) atoms. The Morgan fingerprint density at radius 3 is 2.74 bits per heavy atom. The van der Waals surface area contributed by atoms with E-state index in [2.05, 4.69) is 10.1 Å². The molecule has 164 valence electrons. The van der Waals surface area contributed by atoms with Crippen LogP contribution in [0.1, 0.15) is 66.0 Å². The molecular weight excluding hydrogens is 396 g/mol. The number of rotatable bonds is 4. The van der Waals surface area contributed by atoms with Crippen molar-refractivity contribution in [2.24, 2.45) is 5.92 Å². The number of fused-ring (bicyclic) bond motifs is 1. The van der Waals surface area contributed by atoms with Crippen LogP contribution in [0.25, 0.3) is 0 Å². The lowest BCUT2D eigenvalue weighted by molar-refractivity contribution is -0.139. The van der Waals surface area contributed by atoms with Gasteiger partial charge in [-0.25, -0.2) is 4.98 Å². The van der Waals surface area contributed by atoms with Gasteiger partial charge in [0.05, 0.1) is 24.0 Å². The van der Waals surface area contributed by atoms with E-state index in [1.165, 1.54) is 0 Å². The zero-order valence-electron chi connectivity index (χ0n) is 17.8. The van der Waals surface area contributed by atoms with Crippen LogP contribution >= 0.6 is 0 Å². The van der Waals surface area contributed by atoms with Gasteiger partial charge in [0.1, 0.15) is 5.82 Å². The minimum absolute atomic E-state index is 0.0131. The molecule has 0 bridgehead atoms. The molecule has 2 aliphatic heterocycles. The van der Waals surface area contributed by atoms with Gasteiger partial charge in [-0.3, -0.25) is 19.1 Å². The first-order valence-electron chi connectivity index (χ1n) is 11.3. The highest BCUT2D eigenvalue weighted by Gasteiger charge is 2.34. The lowest BCUT2D eigenvalue weighted by Crippen LogP contribution is -2.43. The summed E-state index contributed by atoms with van der Waals surface area (Å²) in [6.45, 7) is 4.83. The number of hydrogen-bond acceptors (Lipinski definition) is 5. The Hall–Kier alpha value is -2.97. The first-order valence-corrected chi connectivity index (χ1v) is 11.3. The van der Waals surface area contributed by atoms with Crippen LogP contribution in [-0.4, -0.2) is 61.0 Å². The smallest absolute Gasteiger partial charge is 0.257 e. The van der Waals surface area contributed by atoms with E-state index in [-0.39, 0.29) is 29.2 Å². The number of nitrogens with zero attached hydrogens (tertiary/aromatic N) is 5. The van der Waals surface area contributed by atoms with Crippen LogP contribution in [0.3, 0.4) is 0 Å². The van der Waals surface area contributed by atoms with Gasteiger partial charge in [0.15, 0.2) is 0 Å². The zero-order chi connectivity index (χ0) is 21.5. The number of amides is 2. The number of aromatic nitrogens is 4. The molecule has 1 unspecified atom stereocenters. The number of aryl methyl sites for hydroxylation is 1. The number of carbonyl (C=O) groups excluding carboxylic acids is 2. The van der Waals surface area contributed by atoms with E-state index >= 15 is 0 Å². The molecule has 5 rings (SSSR count). The summed E-state index contributed by atoms with van der Waals surface area (Å²) in [6.07, 6.45) is 7.74. The quantitative estimate of drug-likeness (QED) is 0.797. The van der Waals surface area contributed by atoms with E-state index in [4.69, 9.17) is 4.98 Å². The van der Waals surface area contributed by atoms with Gasteiger partial charge >= 0.3 is 0 Å². The van der Waals surface area contributed by atoms with Crippen LogP contribution in [0.5, 0.6) is 0 Å². The molecular formula is C22H28N6O3. The second-order valence-corrected chi connectivity index (χ2v) is 8.84. The van der Waals surface area contributed by atoms with Crippen LogP contribution < -0.4 is 5.56 Å². The Balaban J connectivity index is 1.31. The van der Waals surface area contributed by atoms with Gasteiger partial charge in [-0.2, -0.15) is 5.10 Å². The number of carbonyl (C=O) groups is 2. The van der Waals surface area contributed by atoms with Crippen molar-refractivity contribution < 1.29 is 9.59 Å². The fourth-order valence-corrected chi connectivity index (χ4v) is 4.75. The van der Waals surface area contributed by atoms with Crippen molar-refractivity contribution in [3.8, 4) is 0 Å². The molecule has 3 aliphatic rings. The van der Waals surface area contributed by atoms with Gasteiger partial charge in [0, 0.05) is 49.8 Å². The van der Waals surface area contributed by atoms with Gasteiger partial charge in [-0.1, -0.05) is 6.42 Å². The monoisotopic (exact) mass is 424 g/mol. The van der Waals surface area contributed by atoms with Crippen molar-refractivity contribution in [1.29, 1.82) is 0 Å². The fraction of sp³-hybridized carbons (Fsp3) is 0.591. The SMILES string of the molecule is CCn1cc(C(=O)N2CCC(c3nc4c(c(=O)[nH]3)CCN(C(=O)C3CCC3)C4)C2)cn1. The summed E-state index contributed by atoms with van der Waals surface area (Å²) in [4.78, 5) is 49.5. The van der Waals surface area contributed by atoms with Gasteiger partial charge in [0.2, 0.25) is 5.91 Å². The highest BCUT2D eigenvalue weighted by atomic mass is 16.2. The maximum Gasteiger partial charge on any atom is 0.257 e. The van der Waals surface area contributed by atoms with Crippen molar-refractivity contribution in [1.82, 2.24) is 29.5 Å². The van der Waals surface area contributed by atoms with Crippen molar-refractivity contribution in [3.63, 3.8) is 0 Å². The van der Waals surface area contributed by atoms with Gasteiger partial charge in [-0.05, 0) is 32.6 Å². The third kappa shape index (κ3) is 3.66. The highest BCUT2D eigenvalue weighted by Crippen LogP contribution is 2.30. The summed E-state index contributed by atoms with van der Waals surface area (Å²) in [7, 11) is 0. The van der Waals surface area contributed by atoms with E-state index in [1.807, 2.05) is 11.8 Å². The number of nitrogens with one attached hydrogen (secondary N) is 1. The Morgan fingerprint density at radius 2 is 2.03 bits per heavy atom. The zero-order valence-corrected chi connectivity index (χ0v) is 17.8. The second-order valence-electron chi connectivity index (χ2n) is 8.84. The number of H-pyrrole nitrogens is 1. The molecule has 9 nitrogen and oxygen atoms in total. The molecule has 2 amide bonds. The minimum Gasteiger partial charge on any atom is -0.338 e. The molecule has 1 saturated heterocycles. The van der Waals surface area contributed by atoms with E-state index in [0.29, 0.717) is 55.2 Å². The van der Waals surface area contributed by atoms with Crippen LogP contribution in [0.2, 0.25) is 0 Å². The number of aromatic amines is 1. The van der Waals surface area contributed by atoms with Crippen LogP contribution in [-0.2, 0) is 24.3 Å². The predicted molar refractivity (Wildman–Crippen MR) is 112 cm³/mol. The van der Waals surface area contributed by atoms with Crippen LogP contribution in [0.15, 0.2) is 17.2 Å². The highest BCUT2D eigenvalue weighted by molar-refractivity contribution is 5.94.